The number of pyridine rings is 1. The fourth-order valence-corrected chi connectivity index (χ4v) is 4.35. The Hall–Kier alpha value is -3.66. The Morgan fingerprint density at radius 3 is 2.52 bits per heavy atom. The van der Waals surface area contributed by atoms with E-state index in [0.29, 0.717) is 35.2 Å². The quantitative estimate of drug-likeness (QED) is 0.476. The third kappa shape index (κ3) is 4.09. The average Bonchev–Trinajstić information content (AvgIpc) is 3.36. The van der Waals surface area contributed by atoms with Crippen LogP contribution in [0.15, 0.2) is 47.6 Å². The molecular formula is C23H24N8O2. The van der Waals surface area contributed by atoms with Crippen molar-refractivity contribution in [1.82, 2.24) is 34.9 Å². The number of aromatic nitrogens is 7. The molecule has 2 N–H and O–H groups in total. The Bertz CT molecular complexity index is 1220. The highest BCUT2D eigenvalue weighted by molar-refractivity contribution is 5.54. The number of nitrogens with two attached hydrogens (primary N) is 1. The van der Waals surface area contributed by atoms with Crippen LogP contribution >= 0.6 is 0 Å². The van der Waals surface area contributed by atoms with Crippen molar-refractivity contribution in [2.45, 2.75) is 37.6 Å². The summed E-state index contributed by atoms with van der Waals surface area (Å²) < 4.78 is 13.1. The Balaban J connectivity index is 1.24. The Morgan fingerprint density at radius 1 is 0.939 bits per heavy atom. The summed E-state index contributed by atoms with van der Waals surface area (Å²) in [6.07, 6.45) is 13.0. The summed E-state index contributed by atoms with van der Waals surface area (Å²) in [7, 11) is 0. The maximum absolute atomic E-state index is 5.65. The van der Waals surface area contributed by atoms with Crippen molar-refractivity contribution < 1.29 is 9.26 Å². The first-order valence-electron chi connectivity index (χ1n) is 11.2. The van der Waals surface area contributed by atoms with E-state index in [0.717, 1.165) is 55.7 Å². The molecule has 2 fully saturated rings. The molecule has 168 valence electrons. The van der Waals surface area contributed by atoms with Crippen molar-refractivity contribution in [2.24, 2.45) is 5.92 Å². The molecular weight excluding hydrogens is 420 g/mol. The van der Waals surface area contributed by atoms with Crippen molar-refractivity contribution >= 4 is 5.82 Å². The summed E-state index contributed by atoms with van der Waals surface area (Å²) in [6, 6.07) is 4.36. The van der Waals surface area contributed by atoms with E-state index in [1.165, 1.54) is 6.20 Å². The smallest absolute Gasteiger partial charge is 0.261 e. The summed E-state index contributed by atoms with van der Waals surface area (Å²) in [5.41, 5.74) is 8.96. The number of ether oxygens (including phenoxy) is 1. The maximum Gasteiger partial charge on any atom is 0.261 e. The molecule has 4 aromatic rings. The molecule has 10 heteroatoms. The topological polar surface area (TPSA) is 131 Å². The van der Waals surface area contributed by atoms with Crippen molar-refractivity contribution in [3.8, 4) is 22.8 Å². The molecule has 1 aliphatic carbocycles. The summed E-state index contributed by atoms with van der Waals surface area (Å²) >= 11 is 0. The van der Waals surface area contributed by atoms with Crippen LogP contribution in [0, 0.1) is 5.92 Å². The van der Waals surface area contributed by atoms with Crippen LogP contribution in [0.2, 0.25) is 0 Å². The van der Waals surface area contributed by atoms with Gasteiger partial charge < -0.3 is 15.0 Å². The van der Waals surface area contributed by atoms with Crippen LogP contribution < -0.4 is 5.73 Å². The van der Waals surface area contributed by atoms with E-state index in [4.69, 9.17) is 20.0 Å². The highest BCUT2D eigenvalue weighted by atomic mass is 16.5. The minimum absolute atomic E-state index is 0.0482. The number of hydrogen-bond acceptors (Lipinski definition) is 9. The predicted octanol–water partition coefficient (Wildman–Crippen LogP) is 3.26. The Morgan fingerprint density at radius 2 is 1.79 bits per heavy atom. The minimum Gasteiger partial charge on any atom is -0.382 e. The minimum atomic E-state index is 0.0482. The van der Waals surface area contributed by atoms with Gasteiger partial charge in [0.25, 0.3) is 5.89 Å². The van der Waals surface area contributed by atoms with Gasteiger partial charge in [0.15, 0.2) is 5.82 Å². The molecule has 2 aliphatic rings. The van der Waals surface area contributed by atoms with Crippen molar-refractivity contribution in [1.29, 1.82) is 0 Å². The van der Waals surface area contributed by atoms with Gasteiger partial charge in [-0.25, -0.2) is 9.97 Å². The molecule has 10 nitrogen and oxygen atoms in total. The highest BCUT2D eigenvalue weighted by Crippen LogP contribution is 2.45. The number of rotatable bonds is 6. The van der Waals surface area contributed by atoms with E-state index in [9.17, 15) is 0 Å². The van der Waals surface area contributed by atoms with Crippen LogP contribution in [0.5, 0.6) is 0 Å². The molecule has 1 atom stereocenters. The van der Waals surface area contributed by atoms with E-state index >= 15 is 0 Å². The molecule has 1 aliphatic heterocycles. The second kappa shape index (κ2) is 8.36. The Kier molecular flexibility index (Phi) is 5.06. The van der Waals surface area contributed by atoms with Gasteiger partial charge in [-0.3, -0.25) is 9.67 Å². The predicted molar refractivity (Wildman–Crippen MR) is 119 cm³/mol. The SMILES string of the molecule is Nc1cnc(-c2ccc(C(c3noc(-c4cnn(C5CCOCC5)c4)n3)C3CC3)cn2)cn1. The lowest BCUT2D eigenvalue weighted by atomic mass is 9.94. The first-order chi connectivity index (χ1) is 16.2. The largest absolute Gasteiger partial charge is 0.382 e. The zero-order valence-electron chi connectivity index (χ0n) is 18.0. The van der Waals surface area contributed by atoms with Gasteiger partial charge in [0, 0.05) is 25.6 Å². The molecule has 0 radical (unpaired) electrons. The lowest BCUT2D eigenvalue weighted by Crippen LogP contribution is -2.19. The van der Waals surface area contributed by atoms with Crippen LogP contribution in [0.1, 0.15) is 49.0 Å². The van der Waals surface area contributed by atoms with Crippen LogP contribution in [0.25, 0.3) is 22.8 Å². The number of anilines is 1. The van der Waals surface area contributed by atoms with E-state index in [2.05, 4.69) is 31.3 Å². The number of nitrogen functional groups attached to an aromatic ring is 1. The first kappa shape index (κ1) is 20.0. The summed E-state index contributed by atoms with van der Waals surface area (Å²) in [5, 5.41) is 8.86. The summed E-state index contributed by atoms with van der Waals surface area (Å²) in [6.45, 7) is 1.54. The molecule has 1 unspecified atom stereocenters. The fourth-order valence-electron chi connectivity index (χ4n) is 4.35. The first-order valence-corrected chi connectivity index (χ1v) is 11.2. The van der Waals surface area contributed by atoms with Gasteiger partial charge >= 0.3 is 0 Å². The van der Waals surface area contributed by atoms with Crippen molar-refractivity contribution in [3.63, 3.8) is 0 Å². The monoisotopic (exact) mass is 444 g/mol. The summed E-state index contributed by atoms with van der Waals surface area (Å²) in [5.74, 6) is 2.11. The lowest BCUT2D eigenvalue weighted by molar-refractivity contribution is 0.0662. The van der Waals surface area contributed by atoms with E-state index < -0.39 is 0 Å². The fraction of sp³-hybridized carbons (Fsp3) is 0.391. The number of nitrogens with zero attached hydrogens (tertiary/aromatic N) is 7. The second-order valence-corrected chi connectivity index (χ2v) is 8.63. The molecule has 0 amide bonds. The normalized spacial score (nSPS) is 17.8. The van der Waals surface area contributed by atoms with Gasteiger partial charge in [0.1, 0.15) is 11.5 Å². The highest BCUT2D eigenvalue weighted by Gasteiger charge is 2.37. The third-order valence-electron chi connectivity index (χ3n) is 6.31. The standard InChI is InChI=1S/C23H24N8O2/c24-20-12-26-19(11-27-20)18-4-3-15(9-25-18)21(14-1-2-14)22-29-23(33-30-22)16-10-28-31(13-16)17-5-7-32-8-6-17/h3-4,9-14,17,21H,1-2,5-8H2,(H2,24,27). The van der Waals surface area contributed by atoms with Crippen molar-refractivity contribution in [3.05, 3.63) is 54.5 Å². The van der Waals surface area contributed by atoms with Gasteiger partial charge in [0.2, 0.25) is 0 Å². The van der Waals surface area contributed by atoms with E-state index in [1.807, 2.05) is 23.1 Å². The van der Waals surface area contributed by atoms with Crippen LogP contribution in [0.3, 0.4) is 0 Å². The zero-order valence-corrected chi connectivity index (χ0v) is 18.0. The molecule has 0 aromatic carbocycles. The molecule has 1 saturated carbocycles. The second-order valence-electron chi connectivity index (χ2n) is 8.63. The molecule has 0 bridgehead atoms. The van der Waals surface area contributed by atoms with Crippen LogP contribution in [0.4, 0.5) is 5.82 Å². The number of hydrogen-bond donors (Lipinski definition) is 1. The van der Waals surface area contributed by atoms with Gasteiger partial charge in [-0.1, -0.05) is 11.2 Å². The van der Waals surface area contributed by atoms with Crippen LogP contribution in [-0.4, -0.2) is 48.1 Å². The maximum atomic E-state index is 5.65. The lowest BCUT2D eigenvalue weighted by Gasteiger charge is -2.22. The summed E-state index contributed by atoms with van der Waals surface area (Å²) in [4.78, 5) is 17.7. The molecule has 0 spiro atoms. The molecule has 1 saturated heterocycles. The van der Waals surface area contributed by atoms with E-state index in [1.54, 1.807) is 12.4 Å². The molecule has 33 heavy (non-hydrogen) atoms. The third-order valence-corrected chi connectivity index (χ3v) is 6.31. The average molecular weight is 444 g/mol. The Labute approximate surface area is 190 Å². The van der Waals surface area contributed by atoms with Crippen molar-refractivity contribution in [2.75, 3.05) is 18.9 Å². The zero-order chi connectivity index (χ0) is 22.2. The molecule has 6 rings (SSSR count). The van der Waals surface area contributed by atoms with Gasteiger partial charge in [-0.15, -0.1) is 0 Å². The molecule has 5 heterocycles. The van der Waals surface area contributed by atoms with Gasteiger partial charge in [-0.05, 0) is 43.2 Å². The van der Waals surface area contributed by atoms with Crippen LogP contribution in [-0.2, 0) is 4.74 Å². The van der Waals surface area contributed by atoms with Gasteiger partial charge in [-0.2, -0.15) is 10.1 Å². The molecule has 4 aromatic heterocycles. The van der Waals surface area contributed by atoms with Gasteiger partial charge in [0.05, 0.1) is 41.8 Å². The van der Waals surface area contributed by atoms with E-state index in [-0.39, 0.29) is 5.92 Å².